The van der Waals surface area contributed by atoms with Crippen LogP contribution in [0.3, 0.4) is 0 Å². The minimum Gasteiger partial charge on any atom is -0.0799 e. The van der Waals surface area contributed by atoms with Crippen LogP contribution in [0.25, 0.3) is 0 Å². The van der Waals surface area contributed by atoms with Crippen molar-refractivity contribution in [3.63, 3.8) is 0 Å². The third kappa shape index (κ3) is 5.57. The Kier molecular flexibility index (Phi) is 8.32. The van der Waals surface area contributed by atoms with Gasteiger partial charge in [0.05, 0.1) is 0 Å². The fraction of sp³-hybridized carbons (Fsp3) is 0.556. The van der Waals surface area contributed by atoms with Gasteiger partial charge in [-0.15, -0.1) is 0 Å². The first-order chi connectivity index (χ1) is 21.2. The molecule has 7 atom stereocenters. The average molecular weight is 601 g/mol. The predicted molar refractivity (Wildman–Crippen MR) is 194 cm³/mol. The fourth-order valence-electron chi connectivity index (χ4n) is 10.2. The number of hydrogen-bond acceptors (Lipinski definition) is 0. The van der Waals surface area contributed by atoms with Crippen LogP contribution in [0.2, 0.25) is 0 Å². The van der Waals surface area contributed by atoms with Crippen molar-refractivity contribution in [1.82, 2.24) is 0 Å². The van der Waals surface area contributed by atoms with E-state index in [9.17, 15) is 0 Å². The van der Waals surface area contributed by atoms with E-state index in [1.165, 1.54) is 30.4 Å². The molecule has 0 amide bonds. The average Bonchev–Trinajstić information content (AvgIpc) is 3.58. The van der Waals surface area contributed by atoms with Gasteiger partial charge in [0.2, 0.25) is 0 Å². The van der Waals surface area contributed by atoms with Gasteiger partial charge in [0.25, 0.3) is 0 Å². The zero-order valence-corrected chi connectivity index (χ0v) is 30.0. The first-order valence-electron chi connectivity index (χ1n) is 18.1. The van der Waals surface area contributed by atoms with E-state index in [1.54, 1.807) is 11.1 Å². The van der Waals surface area contributed by atoms with Crippen LogP contribution in [0, 0.1) is 63.6 Å². The Morgan fingerprint density at radius 2 is 1.02 bits per heavy atom. The van der Waals surface area contributed by atoms with E-state index < -0.39 is 0 Å². The van der Waals surface area contributed by atoms with Crippen LogP contribution in [0.1, 0.15) is 99.6 Å². The number of fused-ring (bicyclic) bond motifs is 3. The lowest BCUT2D eigenvalue weighted by molar-refractivity contribution is 0.120. The molecule has 240 valence electrons. The van der Waals surface area contributed by atoms with E-state index >= 15 is 0 Å². The molecule has 45 heavy (non-hydrogen) atoms. The summed E-state index contributed by atoms with van der Waals surface area (Å²) >= 11 is 0. The molecule has 4 aliphatic carbocycles. The van der Waals surface area contributed by atoms with Gasteiger partial charge < -0.3 is 0 Å². The van der Waals surface area contributed by atoms with Crippen LogP contribution in [0.5, 0.6) is 0 Å². The van der Waals surface area contributed by atoms with E-state index in [2.05, 4.69) is 166 Å². The molecule has 4 aliphatic rings. The molecule has 0 bridgehead atoms. The molecular formula is C45H60. The number of benzene rings is 2. The molecule has 0 radical (unpaired) electrons. The van der Waals surface area contributed by atoms with Crippen LogP contribution in [0.15, 0.2) is 108 Å². The van der Waals surface area contributed by atoms with Crippen LogP contribution < -0.4 is 0 Å². The maximum Gasteiger partial charge on any atom is 0.0273 e. The van der Waals surface area contributed by atoms with E-state index in [0.29, 0.717) is 46.8 Å². The summed E-state index contributed by atoms with van der Waals surface area (Å²) in [6.45, 7) is 24.4. The van der Waals surface area contributed by atoms with Gasteiger partial charge >= 0.3 is 0 Å². The third-order valence-corrected chi connectivity index (χ3v) is 12.7. The van der Waals surface area contributed by atoms with Gasteiger partial charge in [0.1, 0.15) is 0 Å². The molecule has 6 rings (SSSR count). The molecule has 2 saturated carbocycles. The SMILES string of the molecule is CCC1CC(C(C)(C)C)CC1C(c1ccccc1)(c1ccccc1)C1C2C=C(C(C)(C)C)C=CC2C2C=CC(C(C)(C)C)=CC21. The Morgan fingerprint density at radius 1 is 0.578 bits per heavy atom. The van der Waals surface area contributed by atoms with Gasteiger partial charge in [-0.1, -0.05) is 173 Å². The van der Waals surface area contributed by atoms with Crippen molar-refractivity contribution in [3.05, 3.63) is 119 Å². The number of hydrogen-bond donors (Lipinski definition) is 0. The Labute approximate surface area is 276 Å². The lowest BCUT2D eigenvalue weighted by atomic mass is 9.51. The summed E-state index contributed by atoms with van der Waals surface area (Å²) in [6.07, 6.45) is 19.7. The van der Waals surface area contributed by atoms with E-state index in [4.69, 9.17) is 0 Å². The lowest BCUT2D eigenvalue weighted by Gasteiger charge is -2.52. The molecule has 0 aromatic heterocycles. The second-order valence-corrected chi connectivity index (χ2v) is 18.2. The van der Waals surface area contributed by atoms with Crippen molar-refractivity contribution < 1.29 is 0 Å². The Morgan fingerprint density at radius 3 is 1.40 bits per heavy atom. The van der Waals surface area contributed by atoms with Crippen molar-refractivity contribution in [2.24, 2.45) is 63.6 Å². The summed E-state index contributed by atoms with van der Waals surface area (Å²) in [7, 11) is 0. The van der Waals surface area contributed by atoms with Gasteiger partial charge in [0.15, 0.2) is 0 Å². The van der Waals surface area contributed by atoms with Crippen molar-refractivity contribution in [2.75, 3.05) is 0 Å². The molecule has 0 saturated heterocycles. The normalized spacial score (nSPS) is 31.8. The van der Waals surface area contributed by atoms with Crippen LogP contribution in [0.4, 0.5) is 0 Å². The maximum absolute atomic E-state index is 2.77. The van der Waals surface area contributed by atoms with Crippen LogP contribution >= 0.6 is 0 Å². The Hall–Kier alpha value is -2.60. The summed E-state index contributed by atoms with van der Waals surface area (Å²) < 4.78 is 0. The molecule has 0 aliphatic heterocycles. The quantitative estimate of drug-likeness (QED) is 0.320. The highest BCUT2D eigenvalue weighted by molar-refractivity contribution is 5.48. The molecule has 2 fully saturated rings. The summed E-state index contributed by atoms with van der Waals surface area (Å²) in [5, 5.41) is 0. The number of rotatable bonds is 5. The molecule has 7 unspecified atom stereocenters. The van der Waals surface area contributed by atoms with Crippen molar-refractivity contribution in [3.8, 4) is 0 Å². The van der Waals surface area contributed by atoms with Gasteiger partial charge in [0, 0.05) is 5.41 Å². The van der Waals surface area contributed by atoms with Crippen molar-refractivity contribution in [2.45, 2.75) is 93.9 Å². The largest absolute Gasteiger partial charge is 0.0799 e. The molecule has 0 spiro atoms. The van der Waals surface area contributed by atoms with E-state index in [0.717, 1.165) is 5.92 Å². The Bertz CT molecular complexity index is 1370. The highest BCUT2D eigenvalue weighted by atomic mass is 14.7. The third-order valence-electron chi connectivity index (χ3n) is 12.7. The summed E-state index contributed by atoms with van der Waals surface area (Å²) in [6, 6.07) is 23.8. The van der Waals surface area contributed by atoms with Crippen LogP contribution in [-0.2, 0) is 5.41 Å². The zero-order valence-electron chi connectivity index (χ0n) is 30.0. The molecule has 0 nitrogen and oxygen atoms in total. The molecule has 2 aromatic rings. The molecule has 0 heteroatoms. The summed E-state index contributed by atoms with van der Waals surface area (Å²) in [4.78, 5) is 0. The molecular weight excluding hydrogens is 540 g/mol. The van der Waals surface area contributed by atoms with E-state index in [-0.39, 0.29) is 16.2 Å². The van der Waals surface area contributed by atoms with E-state index in [1.807, 2.05) is 0 Å². The monoisotopic (exact) mass is 600 g/mol. The molecule has 0 heterocycles. The van der Waals surface area contributed by atoms with Gasteiger partial charge in [-0.2, -0.15) is 0 Å². The minimum absolute atomic E-state index is 0.0964. The standard InChI is InChI=1S/C45H60/c1-11-30-26-35(44(8,9)10)29-40(30)45(31-18-14-12-15-19-31,32-20-16-13-17-21-32)41-38-27-33(42(2,3)4)22-24-36(38)37-25-23-34(28-39(37)41)43(5,6)7/h12-25,27-28,30,35-41H,11,26,29H2,1-10H3. The van der Waals surface area contributed by atoms with Gasteiger partial charge in [-0.25, -0.2) is 0 Å². The lowest BCUT2D eigenvalue weighted by Crippen LogP contribution is -2.49. The van der Waals surface area contributed by atoms with Crippen molar-refractivity contribution in [1.29, 1.82) is 0 Å². The summed E-state index contributed by atoms with van der Waals surface area (Å²) in [5.41, 5.74) is 6.57. The molecule has 0 N–H and O–H groups in total. The summed E-state index contributed by atoms with van der Waals surface area (Å²) in [5.74, 6) is 4.46. The highest BCUT2D eigenvalue weighted by Gasteiger charge is 2.62. The fourth-order valence-corrected chi connectivity index (χ4v) is 10.2. The second-order valence-electron chi connectivity index (χ2n) is 18.2. The maximum atomic E-state index is 2.77. The topological polar surface area (TPSA) is 0 Å². The second kappa shape index (κ2) is 11.6. The van der Waals surface area contributed by atoms with Gasteiger partial charge in [-0.3, -0.25) is 0 Å². The number of allylic oxidation sites excluding steroid dienone is 8. The Balaban J connectivity index is 1.69. The first kappa shape index (κ1) is 32.3. The predicted octanol–water partition coefficient (Wildman–Crippen LogP) is 12.3. The minimum atomic E-state index is -0.0964. The highest BCUT2D eigenvalue weighted by Crippen LogP contribution is 2.67. The zero-order chi connectivity index (χ0) is 32.4. The smallest absolute Gasteiger partial charge is 0.0273 e. The van der Waals surface area contributed by atoms with Crippen LogP contribution in [-0.4, -0.2) is 0 Å². The van der Waals surface area contributed by atoms with Gasteiger partial charge in [-0.05, 0) is 98.7 Å². The first-order valence-corrected chi connectivity index (χ1v) is 18.1. The molecule has 2 aromatic carbocycles. The van der Waals surface area contributed by atoms with Crippen molar-refractivity contribution >= 4 is 0 Å².